The summed E-state index contributed by atoms with van der Waals surface area (Å²) in [6, 6.07) is 9.25. The van der Waals surface area contributed by atoms with Crippen molar-refractivity contribution in [2.75, 3.05) is 5.32 Å². The van der Waals surface area contributed by atoms with Crippen LogP contribution in [0.2, 0.25) is 0 Å². The first-order chi connectivity index (χ1) is 13.5. The molecule has 1 fully saturated rings. The fourth-order valence-corrected chi connectivity index (χ4v) is 3.58. The number of hydrogen-bond donors (Lipinski definition) is 2. The van der Waals surface area contributed by atoms with E-state index in [0.717, 1.165) is 25.7 Å². The van der Waals surface area contributed by atoms with E-state index in [1.165, 1.54) is 18.2 Å². The van der Waals surface area contributed by atoms with E-state index in [1.54, 1.807) is 24.3 Å². The van der Waals surface area contributed by atoms with Gasteiger partial charge >= 0.3 is 6.61 Å². The Labute approximate surface area is 160 Å². The van der Waals surface area contributed by atoms with Crippen LogP contribution in [0.4, 0.5) is 14.5 Å². The first-order valence-corrected chi connectivity index (χ1v) is 9.11. The van der Waals surface area contributed by atoms with Crippen molar-refractivity contribution in [1.29, 1.82) is 0 Å². The standard InChI is InChI=1S/C21H19F2NO4/c22-21(23)28-18-8-5-12(10-19(18)27-14-3-1-2-4-14)9-16-15-7-6-13(25)11-17(15)24-20(16)26/h5-11,14,21,25H,1-4H2,(H,24,26)/b16-9-. The van der Waals surface area contributed by atoms with E-state index in [2.05, 4.69) is 10.1 Å². The minimum Gasteiger partial charge on any atom is -0.508 e. The third kappa shape index (κ3) is 3.78. The zero-order valence-corrected chi connectivity index (χ0v) is 15.0. The molecule has 146 valence electrons. The largest absolute Gasteiger partial charge is 0.508 e. The highest BCUT2D eigenvalue weighted by Gasteiger charge is 2.25. The molecule has 2 aromatic rings. The van der Waals surface area contributed by atoms with Gasteiger partial charge in [0.2, 0.25) is 0 Å². The number of alkyl halides is 2. The molecule has 0 saturated heterocycles. The third-order valence-electron chi connectivity index (χ3n) is 4.88. The van der Waals surface area contributed by atoms with Crippen molar-refractivity contribution >= 4 is 23.2 Å². The van der Waals surface area contributed by atoms with Gasteiger partial charge in [-0.05, 0) is 61.6 Å². The quantitative estimate of drug-likeness (QED) is 0.723. The maximum atomic E-state index is 12.7. The van der Waals surface area contributed by atoms with Gasteiger partial charge in [0.05, 0.1) is 11.8 Å². The molecule has 0 aromatic heterocycles. The summed E-state index contributed by atoms with van der Waals surface area (Å²) in [7, 11) is 0. The van der Waals surface area contributed by atoms with Crippen molar-refractivity contribution in [2.45, 2.75) is 38.4 Å². The Morgan fingerprint density at radius 2 is 1.89 bits per heavy atom. The van der Waals surface area contributed by atoms with Gasteiger partial charge in [-0.15, -0.1) is 0 Å². The summed E-state index contributed by atoms with van der Waals surface area (Å²) < 4.78 is 35.9. The maximum Gasteiger partial charge on any atom is 0.387 e. The fraction of sp³-hybridized carbons (Fsp3) is 0.286. The molecule has 0 bridgehead atoms. The minimum atomic E-state index is -2.95. The van der Waals surface area contributed by atoms with Crippen LogP contribution < -0.4 is 14.8 Å². The highest BCUT2D eigenvalue weighted by atomic mass is 19.3. The normalized spacial score (nSPS) is 17.8. The van der Waals surface area contributed by atoms with Gasteiger partial charge in [-0.3, -0.25) is 4.79 Å². The zero-order valence-electron chi connectivity index (χ0n) is 15.0. The van der Waals surface area contributed by atoms with Crippen LogP contribution in [0.25, 0.3) is 11.6 Å². The van der Waals surface area contributed by atoms with Gasteiger partial charge in [-0.1, -0.05) is 6.07 Å². The maximum absolute atomic E-state index is 12.7. The summed E-state index contributed by atoms with van der Waals surface area (Å²) in [5.41, 5.74) is 2.23. The monoisotopic (exact) mass is 387 g/mol. The Balaban J connectivity index is 1.68. The van der Waals surface area contributed by atoms with Crippen molar-refractivity contribution in [2.24, 2.45) is 0 Å². The number of benzene rings is 2. The van der Waals surface area contributed by atoms with Crippen LogP contribution in [0.1, 0.15) is 36.8 Å². The fourth-order valence-electron chi connectivity index (χ4n) is 3.58. The molecule has 1 saturated carbocycles. The highest BCUT2D eigenvalue weighted by Crippen LogP contribution is 2.38. The number of ether oxygens (including phenoxy) is 2. The average molecular weight is 387 g/mol. The second-order valence-electron chi connectivity index (χ2n) is 6.85. The molecule has 1 aliphatic heterocycles. The Bertz CT molecular complexity index is 936. The van der Waals surface area contributed by atoms with Crippen LogP contribution in [-0.2, 0) is 4.79 Å². The second-order valence-corrected chi connectivity index (χ2v) is 6.85. The number of phenols is 1. The summed E-state index contributed by atoms with van der Waals surface area (Å²) in [4.78, 5) is 12.3. The number of rotatable bonds is 5. The average Bonchev–Trinajstić information content (AvgIpc) is 3.25. The predicted octanol–water partition coefficient (Wildman–Crippen LogP) is 4.81. The molecule has 1 aliphatic carbocycles. The van der Waals surface area contributed by atoms with Gasteiger partial charge in [-0.2, -0.15) is 8.78 Å². The minimum absolute atomic E-state index is 0.0229. The van der Waals surface area contributed by atoms with E-state index in [-0.39, 0.29) is 29.3 Å². The van der Waals surface area contributed by atoms with E-state index in [9.17, 15) is 18.7 Å². The van der Waals surface area contributed by atoms with Crippen LogP contribution in [0, 0.1) is 0 Å². The molecule has 2 N–H and O–H groups in total. The van der Waals surface area contributed by atoms with Crippen molar-refractivity contribution in [3.8, 4) is 17.2 Å². The van der Waals surface area contributed by atoms with E-state index in [1.807, 2.05) is 0 Å². The van der Waals surface area contributed by atoms with Crippen molar-refractivity contribution in [1.82, 2.24) is 0 Å². The molecular weight excluding hydrogens is 368 g/mol. The Morgan fingerprint density at radius 3 is 2.64 bits per heavy atom. The number of carbonyl (C=O) groups excluding carboxylic acids is 1. The summed E-state index contributed by atoms with van der Waals surface area (Å²) in [5.74, 6) is -0.0241. The van der Waals surface area contributed by atoms with E-state index >= 15 is 0 Å². The second kappa shape index (κ2) is 7.50. The molecule has 0 spiro atoms. The van der Waals surface area contributed by atoms with Gasteiger partial charge in [-0.25, -0.2) is 0 Å². The van der Waals surface area contributed by atoms with Gasteiger partial charge in [0.15, 0.2) is 11.5 Å². The molecule has 4 rings (SSSR count). The van der Waals surface area contributed by atoms with Gasteiger partial charge < -0.3 is 19.9 Å². The van der Waals surface area contributed by atoms with Crippen molar-refractivity contribution in [3.63, 3.8) is 0 Å². The number of carbonyl (C=O) groups is 1. The summed E-state index contributed by atoms with van der Waals surface area (Å²) >= 11 is 0. The van der Waals surface area contributed by atoms with Crippen LogP contribution in [0.3, 0.4) is 0 Å². The topological polar surface area (TPSA) is 67.8 Å². The lowest BCUT2D eigenvalue weighted by molar-refractivity contribution is -0.110. The van der Waals surface area contributed by atoms with E-state index in [4.69, 9.17) is 4.74 Å². The Morgan fingerprint density at radius 1 is 1.11 bits per heavy atom. The third-order valence-corrected chi connectivity index (χ3v) is 4.88. The van der Waals surface area contributed by atoms with Gasteiger partial charge in [0.25, 0.3) is 5.91 Å². The molecule has 1 amide bonds. The number of amides is 1. The van der Waals surface area contributed by atoms with Gasteiger partial charge in [0, 0.05) is 17.2 Å². The van der Waals surface area contributed by atoms with Crippen LogP contribution in [-0.4, -0.2) is 23.7 Å². The molecular formula is C21H19F2NO4. The number of hydrogen-bond acceptors (Lipinski definition) is 4. The first kappa shape index (κ1) is 18.3. The van der Waals surface area contributed by atoms with Crippen molar-refractivity contribution in [3.05, 3.63) is 47.5 Å². The van der Waals surface area contributed by atoms with E-state index in [0.29, 0.717) is 22.4 Å². The molecule has 2 aromatic carbocycles. The number of aromatic hydroxyl groups is 1. The number of phenolic OH excluding ortho intramolecular Hbond substituents is 1. The molecule has 7 heteroatoms. The summed E-state index contributed by atoms with van der Waals surface area (Å²) in [6.07, 6.45) is 5.47. The summed E-state index contributed by atoms with van der Waals surface area (Å²) in [6.45, 7) is -2.95. The molecule has 28 heavy (non-hydrogen) atoms. The summed E-state index contributed by atoms with van der Waals surface area (Å²) in [5, 5.41) is 12.3. The lowest BCUT2D eigenvalue weighted by Crippen LogP contribution is -2.13. The number of anilines is 1. The predicted molar refractivity (Wildman–Crippen MR) is 101 cm³/mol. The molecule has 2 aliphatic rings. The number of nitrogens with one attached hydrogen (secondary N) is 1. The lowest BCUT2D eigenvalue weighted by atomic mass is 10.0. The molecule has 5 nitrogen and oxygen atoms in total. The SMILES string of the molecule is O=C1Nc2cc(O)ccc2/C1=C/c1ccc(OC(F)F)c(OC2CCCC2)c1. The van der Waals surface area contributed by atoms with Crippen LogP contribution in [0.5, 0.6) is 17.2 Å². The van der Waals surface area contributed by atoms with Gasteiger partial charge in [0.1, 0.15) is 5.75 Å². The molecule has 0 atom stereocenters. The Kier molecular flexibility index (Phi) is 4.90. The molecule has 0 unspecified atom stereocenters. The van der Waals surface area contributed by atoms with Crippen LogP contribution >= 0.6 is 0 Å². The number of fused-ring (bicyclic) bond motifs is 1. The Hall–Kier alpha value is -3.09. The van der Waals surface area contributed by atoms with E-state index < -0.39 is 6.61 Å². The first-order valence-electron chi connectivity index (χ1n) is 9.11. The smallest absolute Gasteiger partial charge is 0.387 e. The number of halogens is 2. The highest BCUT2D eigenvalue weighted by molar-refractivity contribution is 6.35. The zero-order chi connectivity index (χ0) is 19.7. The molecule has 0 radical (unpaired) electrons. The van der Waals surface area contributed by atoms with Crippen molar-refractivity contribution < 1.29 is 28.2 Å². The molecule has 1 heterocycles. The van der Waals surface area contributed by atoms with Crippen LogP contribution in [0.15, 0.2) is 36.4 Å². The lowest BCUT2D eigenvalue weighted by Gasteiger charge is -2.17.